The summed E-state index contributed by atoms with van der Waals surface area (Å²) in [5.41, 5.74) is 1.80. The molecule has 12 heteroatoms. The zero-order chi connectivity index (χ0) is 23.1. The van der Waals surface area contributed by atoms with Gasteiger partial charge in [0, 0.05) is 18.5 Å². The van der Waals surface area contributed by atoms with Crippen molar-refractivity contribution in [2.75, 3.05) is 31.0 Å². The standard InChI is InChI=1S/C21H19N7O5/c1-32-14-8-7-12-16(17(14)33-2)20(31)28-13-6-4-3-5-11(13)19(30)27(18(12)28)10-9-15(29)22-21-23-25-26-24-21/h3-8,18H,9-10H2,1-2H3,(H2,22,23,24,25,26,29). The number of nitrogens with one attached hydrogen (secondary N) is 2. The van der Waals surface area contributed by atoms with Crippen molar-refractivity contribution in [2.24, 2.45) is 0 Å². The monoisotopic (exact) mass is 449 g/mol. The Bertz CT molecular complexity index is 1260. The zero-order valence-corrected chi connectivity index (χ0v) is 17.7. The number of carbonyl (C=O) groups is 3. The van der Waals surface area contributed by atoms with Gasteiger partial charge in [0.1, 0.15) is 6.17 Å². The molecule has 2 aliphatic heterocycles. The van der Waals surface area contributed by atoms with E-state index in [0.29, 0.717) is 33.9 Å². The van der Waals surface area contributed by atoms with E-state index in [0.717, 1.165) is 0 Å². The number of H-pyrrole nitrogens is 1. The number of methoxy groups -OCH3 is 2. The Morgan fingerprint density at radius 3 is 2.67 bits per heavy atom. The van der Waals surface area contributed by atoms with Crippen LogP contribution in [-0.2, 0) is 4.79 Å². The maximum atomic E-state index is 13.6. The molecule has 0 spiro atoms. The molecular formula is C21H19N7O5. The van der Waals surface area contributed by atoms with Crippen LogP contribution in [0.25, 0.3) is 0 Å². The van der Waals surface area contributed by atoms with Crippen LogP contribution in [0, 0.1) is 0 Å². The van der Waals surface area contributed by atoms with Gasteiger partial charge < -0.3 is 14.4 Å². The summed E-state index contributed by atoms with van der Waals surface area (Å²) in [6.07, 6.45) is -0.767. The summed E-state index contributed by atoms with van der Waals surface area (Å²) < 4.78 is 10.9. The van der Waals surface area contributed by atoms with Crippen molar-refractivity contribution in [3.05, 3.63) is 53.1 Å². The lowest BCUT2D eigenvalue weighted by atomic mass is 10.0. The van der Waals surface area contributed by atoms with Gasteiger partial charge in [-0.25, -0.2) is 0 Å². The number of aromatic amines is 1. The topological polar surface area (TPSA) is 143 Å². The number of ether oxygens (including phenoxy) is 2. The highest BCUT2D eigenvalue weighted by atomic mass is 16.5. The lowest BCUT2D eigenvalue weighted by Crippen LogP contribution is -2.49. The normalized spacial score (nSPS) is 16.2. The van der Waals surface area contributed by atoms with Crippen LogP contribution in [0.5, 0.6) is 11.5 Å². The molecule has 2 aromatic carbocycles. The van der Waals surface area contributed by atoms with Crippen LogP contribution >= 0.6 is 0 Å². The first-order chi connectivity index (χ1) is 16.0. The van der Waals surface area contributed by atoms with Crippen molar-refractivity contribution in [2.45, 2.75) is 12.6 Å². The van der Waals surface area contributed by atoms with Gasteiger partial charge in [0.05, 0.1) is 31.0 Å². The molecule has 0 saturated carbocycles. The molecule has 0 saturated heterocycles. The fourth-order valence-corrected chi connectivity index (χ4v) is 4.28. The lowest BCUT2D eigenvalue weighted by Gasteiger charge is -2.40. The van der Waals surface area contributed by atoms with Crippen molar-refractivity contribution in [1.29, 1.82) is 0 Å². The summed E-state index contributed by atoms with van der Waals surface area (Å²) >= 11 is 0. The molecule has 0 radical (unpaired) electrons. The second kappa shape index (κ2) is 7.89. The number of tetrazole rings is 1. The molecule has 1 unspecified atom stereocenters. The molecule has 0 fully saturated rings. The minimum Gasteiger partial charge on any atom is -0.493 e. The van der Waals surface area contributed by atoms with Crippen LogP contribution in [0.15, 0.2) is 36.4 Å². The molecule has 3 amide bonds. The molecule has 1 aromatic heterocycles. The van der Waals surface area contributed by atoms with E-state index >= 15 is 0 Å². The van der Waals surface area contributed by atoms with Crippen LogP contribution in [0.4, 0.5) is 11.6 Å². The summed E-state index contributed by atoms with van der Waals surface area (Å²) in [5, 5.41) is 15.5. The SMILES string of the molecule is COc1ccc2c(c1OC)C(=O)N1c3ccccc3C(=O)N(CCC(=O)Nc3nn[nH]n3)C21. The molecule has 3 aromatic rings. The minimum atomic E-state index is -0.729. The van der Waals surface area contributed by atoms with Crippen LogP contribution < -0.4 is 19.7 Å². The third-order valence-electron chi connectivity index (χ3n) is 5.66. The summed E-state index contributed by atoms with van der Waals surface area (Å²) in [6, 6.07) is 10.3. The van der Waals surface area contributed by atoms with E-state index in [-0.39, 0.29) is 30.7 Å². The highest BCUT2D eigenvalue weighted by molar-refractivity contribution is 6.18. The largest absolute Gasteiger partial charge is 0.493 e. The number of hydrogen-bond donors (Lipinski definition) is 2. The van der Waals surface area contributed by atoms with Crippen molar-refractivity contribution in [3.63, 3.8) is 0 Å². The van der Waals surface area contributed by atoms with E-state index < -0.39 is 12.1 Å². The van der Waals surface area contributed by atoms with Gasteiger partial charge in [0.15, 0.2) is 11.5 Å². The Labute approximate surface area is 187 Å². The van der Waals surface area contributed by atoms with Crippen molar-refractivity contribution < 1.29 is 23.9 Å². The van der Waals surface area contributed by atoms with Gasteiger partial charge in [-0.2, -0.15) is 5.21 Å². The minimum absolute atomic E-state index is 0.0372. The van der Waals surface area contributed by atoms with Crippen molar-refractivity contribution in [3.8, 4) is 11.5 Å². The number of para-hydroxylation sites is 1. The Hall–Kier alpha value is -4.48. The molecule has 3 heterocycles. The fraction of sp³-hybridized carbons (Fsp3) is 0.238. The van der Waals surface area contributed by atoms with E-state index in [4.69, 9.17) is 9.47 Å². The van der Waals surface area contributed by atoms with Gasteiger partial charge in [-0.3, -0.25) is 24.6 Å². The third-order valence-corrected chi connectivity index (χ3v) is 5.66. The van der Waals surface area contributed by atoms with E-state index in [9.17, 15) is 14.4 Å². The number of anilines is 2. The highest BCUT2D eigenvalue weighted by Crippen LogP contribution is 2.49. The second-order valence-electron chi connectivity index (χ2n) is 7.36. The summed E-state index contributed by atoms with van der Waals surface area (Å²) in [6.45, 7) is 0.0546. The second-order valence-corrected chi connectivity index (χ2v) is 7.36. The Morgan fingerprint density at radius 1 is 1.12 bits per heavy atom. The fourth-order valence-electron chi connectivity index (χ4n) is 4.28. The van der Waals surface area contributed by atoms with E-state index in [2.05, 4.69) is 25.9 Å². The van der Waals surface area contributed by atoms with Crippen LogP contribution in [0.2, 0.25) is 0 Å². The number of aromatic nitrogens is 4. The average Bonchev–Trinajstić information content (AvgIpc) is 3.44. The van der Waals surface area contributed by atoms with Gasteiger partial charge >= 0.3 is 0 Å². The Morgan fingerprint density at radius 2 is 1.94 bits per heavy atom. The molecule has 1 atom stereocenters. The number of nitrogens with zero attached hydrogens (tertiary/aromatic N) is 5. The molecule has 0 bridgehead atoms. The summed E-state index contributed by atoms with van der Waals surface area (Å²) in [7, 11) is 2.95. The molecule has 2 aliphatic rings. The Kier molecular flexibility index (Phi) is 4.89. The molecule has 0 aliphatic carbocycles. The number of hydrogen-bond acceptors (Lipinski definition) is 8. The predicted octanol–water partition coefficient (Wildman–Crippen LogP) is 1.36. The Balaban J connectivity index is 1.55. The molecular weight excluding hydrogens is 430 g/mol. The highest BCUT2D eigenvalue weighted by Gasteiger charge is 2.49. The number of carbonyl (C=O) groups excluding carboxylic acids is 3. The molecule has 12 nitrogen and oxygen atoms in total. The van der Waals surface area contributed by atoms with Gasteiger partial charge in [-0.15, -0.1) is 5.10 Å². The van der Waals surface area contributed by atoms with E-state index in [1.54, 1.807) is 41.3 Å². The average molecular weight is 449 g/mol. The zero-order valence-electron chi connectivity index (χ0n) is 17.7. The number of benzene rings is 2. The molecule has 5 rings (SSSR count). The first kappa shape index (κ1) is 20.4. The smallest absolute Gasteiger partial charge is 0.269 e. The maximum Gasteiger partial charge on any atom is 0.269 e. The summed E-state index contributed by atoms with van der Waals surface area (Å²) in [4.78, 5) is 42.5. The van der Waals surface area contributed by atoms with Crippen LogP contribution in [0.1, 0.15) is 38.9 Å². The molecule has 2 N–H and O–H groups in total. The lowest BCUT2D eigenvalue weighted by molar-refractivity contribution is -0.116. The maximum absolute atomic E-state index is 13.6. The van der Waals surface area contributed by atoms with Gasteiger partial charge in [-0.1, -0.05) is 23.3 Å². The van der Waals surface area contributed by atoms with Gasteiger partial charge in [0.25, 0.3) is 17.8 Å². The molecule has 33 heavy (non-hydrogen) atoms. The molecule has 168 valence electrons. The van der Waals surface area contributed by atoms with Gasteiger partial charge in [0.2, 0.25) is 5.91 Å². The predicted molar refractivity (Wildman–Crippen MR) is 114 cm³/mol. The third kappa shape index (κ3) is 3.14. The number of fused-ring (bicyclic) bond motifs is 5. The van der Waals surface area contributed by atoms with Gasteiger partial charge in [-0.05, 0) is 23.4 Å². The number of amides is 3. The first-order valence-corrected chi connectivity index (χ1v) is 10.1. The summed E-state index contributed by atoms with van der Waals surface area (Å²) in [5.74, 6) is -0.243. The quantitative estimate of drug-likeness (QED) is 0.574. The van der Waals surface area contributed by atoms with E-state index in [1.807, 2.05) is 0 Å². The first-order valence-electron chi connectivity index (χ1n) is 10.1. The number of rotatable bonds is 6. The van der Waals surface area contributed by atoms with Crippen LogP contribution in [-0.4, -0.2) is 64.0 Å². The van der Waals surface area contributed by atoms with Crippen molar-refractivity contribution in [1.82, 2.24) is 25.5 Å². The van der Waals surface area contributed by atoms with Crippen LogP contribution in [0.3, 0.4) is 0 Å². The van der Waals surface area contributed by atoms with E-state index in [1.165, 1.54) is 19.1 Å². The van der Waals surface area contributed by atoms with Crippen molar-refractivity contribution >= 4 is 29.4 Å².